The maximum atomic E-state index is 12.7. The summed E-state index contributed by atoms with van der Waals surface area (Å²) in [5, 5.41) is 3.28. The van der Waals surface area contributed by atoms with Crippen molar-refractivity contribution in [2.75, 3.05) is 13.1 Å². The second kappa shape index (κ2) is 9.68. The Bertz CT molecular complexity index is 362. The summed E-state index contributed by atoms with van der Waals surface area (Å²) in [6.07, 6.45) is 6.77. The fraction of sp³-hybridized carbons (Fsp3) is 0.562. The number of ketones is 1. The van der Waals surface area contributed by atoms with E-state index in [0.29, 0.717) is 18.5 Å². The van der Waals surface area contributed by atoms with Gasteiger partial charge in [-0.15, -0.1) is 0 Å². The number of Topliss-reactive ketones (excluding diaryl/α,β-unsaturated/α-hetero) is 1. The van der Waals surface area contributed by atoms with Gasteiger partial charge in [-0.1, -0.05) is 32.6 Å². The van der Waals surface area contributed by atoms with Crippen molar-refractivity contribution in [3.63, 3.8) is 0 Å². The zero-order valence-corrected chi connectivity index (χ0v) is 11.8. The van der Waals surface area contributed by atoms with Crippen LogP contribution in [-0.2, 0) is 0 Å². The highest BCUT2D eigenvalue weighted by molar-refractivity contribution is 5.96. The van der Waals surface area contributed by atoms with Crippen molar-refractivity contribution in [3.05, 3.63) is 35.6 Å². The lowest BCUT2D eigenvalue weighted by Crippen LogP contribution is -2.19. The Morgan fingerprint density at radius 2 is 1.74 bits per heavy atom. The van der Waals surface area contributed by atoms with Gasteiger partial charge in [-0.3, -0.25) is 4.79 Å². The van der Waals surface area contributed by atoms with Gasteiger partial charge < -0.3 is 5.32 Å². The largest absolute Gasteiger partial charge is 0.316 e. The molecule has 0 radical (unpaired) electrons. The first-order valence-corrected chi connectivity index (χ1v) is 7.23. The molecule has 19 heavy (non-hydrogen) atoms. The predicted octanol–water partition coefficient (Wildman–Crippen LogP) is 3.96. The second-order valence-corrected chi connectivity index (χ2v) is 4.84. The van der Waals surface area contributed by atoms with E-state index in [0.717, 1.165) is 6.54 Å². The van der Waals surface area contributed by atoms with Crippen molar-refractivity contribution >= 4 is 5.78 Å². The molecule has 0 aliphatic rings. The predicted molar refractivity (Wildman–Crippen MR) is 77.0 cm³/mol. The van der Waals surface area contributed by atoms with Crippen LogP contribution in [0.5, 0.6) is 0 Å². The molecule has 0 aliphatic heterocycles. The zero-order valence-electron chi connectivity index (χ0n) is 11.8. The Balaban J connectivity index is 2.06. The maximum Gasteiger partial charge on any atom is 0.164 e. The molecule has 0 bridgehead atoms. The molecule has 3 heteroatoms. The van der Waals surface area contributed by atoms with Gasteiger partial charge in [0.25, 0.3) is 0 Å². The lowest BCUT2D eigenvalue weighted by molar-refractivity contribution is 0.0982. The van der Waals surface area contributed by atoms with Crippen LogP contribution in [0.25, 0.3) is 0 Å². The Labute approximate surface area is 115 Å². The molecule has 0 saturated heterocycles. The average Bonchev–Trinajstić information content (AvgIpc) is 2.42. The van der Waals surface area contributed by atoms with Crippen LogP contribution in [0.4, 0.5) is 4.39 Å². The van der Waals surface area contributed by atoms with Crippen molar-refractivity contribution in [2.45, 2.75) is 45.4 Å². The minimum atomic E-state index is -0.304. The molecule has 1 aromatic rings. The summed E-state index contributed by atoms with van der Waals surface area (Å²) in [5.74, 6) is -0.236. The van der Waals surface area contributed by atoms with Crippen LogP contribution in [-0.4, -0.2) is 18.9 Å². The Hall–Kier alpha value is -1.22. The number of nitrogens with one attached hydrogen (secondary N) is 1. The summed E-state index contributed by atoms with van der Waals surface area (Å²) in [4.78, 5) is 11.8. The molecule has 106 valence electrons. The van der Waals surface area contributed by atoms with Gasteiger partial charge in [0.1, 0.15) is 5.82 Å². The number of rotatable bonds is 10. The van der Waals surface area contributed by atoms with Crippen LogP contribution < -0.4 is 5.32 Å². The SMILES string of the molecule is CCCCCCCNCCC(=O)c1ccc(F)cc1. The van der Waals surface area contributed by atoms with Crippen LogP contribution in [0, 0.1) is 5.82 Å². The van der Waals surface area contributed by atoms with E-state index >= 15 is 0 Å². The topological polar surface area (TPSA) is 29.1 Å². The molecule has 0 atom stereocenters. The van der Waals surface area contributed by atoms with E-state index in [1.54, 1.807) is 12.1 Å². The maximum absolute atomic E-state index is 12.7. The van der Waals surface area contributed by atoms with Gasteiger partial charge in [0.2, 0.25) is 0 Å². The summed E-state index contributed by atoms with van der Waals surface area (Å²) in [7, 11) is 0. The Kier molecular flexibility index (Phi) is 8.07. The minimum Gasteiger partial charge on any atom is -0.316 e. The van der Waals surface area contributed by atoms with Gasteiger partial charge in [0, 0.05) is 18.5 Å². The van der Waals surface area contributed by atoms with Gasteiger partial charge >= 0.3 is 0 Å². The van der Waals surface area contributed by atoms with Gasteiger partial charge in [-0.25, -0.2) is 4.39 Å². The smallest absolute Gasteiger partial charge is 0.164 e. The third kappa shape index (κ3) is 7.06. The molecule has 0 fully saturated rings. The molecule has 0 aliphatic carbocycles. The van der Waals surface area contributed by atoms with Gasteiger partial charge in [-0.05, 0) is 37.2 Å². The van der Waals surface area contributed by atoms with Crippen LogP contribution in [0.15, 0.2) is 24.3 Å². The monoisotopic (exact) mass is 265 g/mol. The number of carbonyl (C=O) groups is 1. The molecule has 1 N–H and O–H groups in total. The Morgan fingerprint density at radius 3 is 2.42 bits per heavy atom. The zero-order chi connectivity index (χ0) is 13.9. The summed E-state index contributed by atoms with van der Waals surface area (Å²) in [5.41, 5.74) is 0.589. The highest BCUT2D eigenvalue weighted by Crippen LogP contribution is 2.05. The molecule has 0 unspecified atom stereocenters. The van der Waals surface area contributed by atoms with Gasteiger partial charge in [0.05, 0.1) is 0 Å². The van der Waals surface area contributed by atoms with E-state index in [1.807, 2.05) is 0 Å². The molecular weight excluding hydrogens is 241 g/mol. The van der Waals surface area contributed by atoms with Gasteiger partial charge in [-0.2, -0.15) is 0 Å². The van der Waals surface area contributed by atoms with Crippen LogP contribution in [0.1, 0.15) is 55.8 Å². The van der Waals surface area contributed by atoms with Crippen molar-refractivity contribution in [2.24, 2.45) is 0 Å². The number of benzene rings is 1. The van der Waals surface area contributed by atoms with Crippen molar-refractivity contribution in [3.8, 4) is 0 Å². The molecule has 1 aromatic carbocycles. The van der Waals surface area contributed by atoms with Crippen LogP contribution in [0.3, 0.4) is 0 Å². The first-order chi connectivity index (χ1) is 9.24. The van der Waals surface area contributed by atoms with E-state index in [2.05, 4.69) is 12.2 Å². The number of hydrogen-bond donors (Lipinski definition) is 1. The highest BCUT2D eigenvalue weighted by Gasteiger charge is 2.04. The van der Waals surface area contributed by atoms with Crippen LogP contribution in [0.2, 0.25) is 0 Å². The van der Waals surface area contributed by atoms with Gasteiger partial charge in [0.15, 0.2) is 5.78 Å². The summed E-state index contributed by atoms with van der Waals surface area (Å²) in [6, 6.07) is 5.74. The van der Waals surface area contributed by atoms with E-state index in [4.69, 9.17) is 0 Å². The summed E-state index contributed by atoms with van der Waals surface area (Å²) in [6.45, 7) is 3.88. The van der Waals surface area contributed by atoms with Crippen molar-refractivity contribution in [1.29, 1.82) is 0 Å². The van der Waals surface area contributed by atoms with E-state index < -0.39 is 0 Å². The lowest BCUT2D eigenvalue weighted by atomic mass is 10.1. The quantitative estimate of drug-likeness (QED) is 0.512. The number of carbonyl (C=O) groups excluding carboxylic acids is 1. The van der Waals surface area contributed by atoms with Crippen molar-refractivity contribution in [1.82, 2.24) is 5.32 Å². The third-order valence-electron chi connectivity index (χ3n) is 3.15. The summed E-state index contributed by atoms with van der Waals surface area (Å²) < 4.78 is 12.7. The first kappa shape index (κ1) is 15.8. The van der Waals surface area contributed by atoms with E-state index in [9.17, 15) is 9.18 Å². The molecule has 2 nitrogen and oxygen atoms in total. The molecule has 0 spiro atoms. The third-order valence-corrected chi connectivity index (χ3v) is 3.15. The standard InChI is InChI=1S/C16H24FNO/c1-2-3-4-5-6-12-18-13-11-16(19)14-7-9-15(17)10-8-14/h7-10,18H,2-6,11-13H2,1H3. The molecule has 0 heterocycles. The molecule has 0 saturated carbocycles. The van der Waals surface area contributed by atoms with E-state index in [1.165, 1.54) is 44.2 Å². The molecule has 1 rings (SSSR count). The number of unbranched alkanes of at least 4 members (excludes halogenated alkanes) is 4. The molecular formula is C16H24FNO. The Morgan fingerprint density at radius 1 is 1.05 bits per heavy atom. The van der Waals surface area contributed by atoms with Crippen molar-refractivity contribution < 1.29 is 9.18 Å². The molecule has 0 aromatic heterocycles. The van der Waals surface area contributed by atoms with E-state index in [-0.39, 0.29) is 11.6 Å². The number of hydrogen-bond acceptors (Lipinski definition) is 2. The highest BCUT2D eigenvalue weighted by atomic mass is 19.1. The van der Waals surface area contributed by atoms with Crippen LogP contribution >= 0.6 is 0 Å². The number of halogens is 1. The average molecular weight is 265 g/mol. The lowest BCUT2D eigenvalue weighted by Gasteiger charge is -2.04. The fourth-order valence-electron chi connectivity index (χ4n) is 1.96. The normalized spacial score (nSPS) is 10.6. The first-order valence-electron chi connectivity index (χ1n) is 7.23. The second-order valence-electron chi connectivity index (χ2n) is 4.84. The minimum absolute atomic E-state index is 0.0680. The summed E-state index contributed by atoms with van der Waals surface area (Å²) >= 11 is 0. The fourth-order valence-corrected chi connectivity index (χ4v) is 1.96. The molecule has 0 amide bonds.